The number of pyridine rings is 1. The van der Waals surface area contributed by atoms with Crippen LogP contribution in [-0.2, 0) is 0 Å². The summed E-state index contributed by atoms with van der Waals surface area (Å²) in [6, 6.07) is 1.79. The van der Waals surface area contributed by atoms with Gasteiger partial charge in [0.05, 0.1) is 0 Å². The lowest BCUT2D eigenvalue weighted by molar-refractivity contribution is 0.0948. The van der Waals surface area contributed by atoms with E-state index in [1.807, 2.05) is 0 Å². The van der Waals surface area contributed by atoms with Gasteiger partial charge in [-0.1, -0.05) is 0 Å². The first kappa shape index (κ1) is 15.7. The van der Waals surface area contributed by atoms with E-state index < -0.39 is 0 Å². The average molecular weight is 286 g/mol. The molecule has 1 unspecified atom stereocenters. The molecule has 4 N–H and O–H groups in total. The molecule has 2 rings (SSSR count). The monoisotopic (exact) mass is 285 g/mol. The number of nitrogens with one attached hydrogen (secondary N) is 2. The van der Waals surface area contributed by atoms with Crippen LogP contribution in [-0.4, -0.2) is 23.5 Å². The predicted octanol–water partition coefficient (Wildman–Crippen LogP) is 0.881. The molecule has 6 heteroatoms. The predicted molar refractivity (Wildman–Crippen MR) is 76.8 cm³/mol. The molecule has 5 nitrogen and oxygen atoms in total. The molecule has 0 saturated heterocycles. The van der Waals surface area contributed by atoms with E-state index in [1.54, 1.807) is 19.9 Å². The van der Waals surface area contributed by atoms with Gasteiger partial charge >= 0.3 is 0 Å². The molecule has 1 aliphatic rings. The Hall–Kier alpha value is -1.33. The van der Waals surface area contributed by atoms with Gasteiger partial charge in [0.15, 0.2) is 0 Å². The summed E-state index contributed by atoms with van der Waals surface area (Å²) in [4.78, 5) is 26.3. The van der Waals surface area contributed by atoms with Crippen molar-refractivity contribution in [2.24, 2.45) is 11.7 Å². The second-order valence-electron chi connectivity index (χ2n) is 5.05. The van der Waals surface area contributed by atoms with Crippen molar-refractivity contribution >= 4 is 18.3 Å². The smallest absolute Gasteiger partial charge is 0.261 e. The fourth-order valence-electron chi connectivity index (χ4n) is 2.13. The summed E-state index contributed by atoms with van der Waals surface area (Å²) in [5.74, 6) is 0.188. The van der Waals surface area contributed by atoms with Crippen molar-refractivity contribution in [1.82, 2.24) is 10.3 Å². The number of hydrogen-bond acceptors (Lipinski definition) is 3. The molecule has 0 bridgehead atoms. The first-order valence-corrected chi connectivity index (χ1v) is 6.23. The second kappa shape index (κ2) is 6.21. The molecule has 1 aromatic rings. The number of aromatic nitrogens is 1. The lowest BCUT2D eigenvalue weighted by Crippen LogP contribution is -2.40. The normalized spacial score (nSPS) is 15.5. The molecule has 0 aromatic carbocycles. The Labute approximate surface area is 118 Å². The standard InChI is InChI=1S/C13H19N3O2.ClH/c1-7-5-8(2)16-13(18)11(7)12(17)15-6-10(14)9-3-4-9;/h5,9-10H,3-4,6,14H2,1-2H3,(H,15,17)(H,16,18);1H. The molecule has 1 amide bonds. The first-order valence-electron chi connectivity index (χ1n) is 6.23. The molecule has 106 valence electrons. The van der Waals surface area contributed by atoms with Crippen molar-refractivity contribution in [2.45, 2.75) is 32.7 Å². The van der Waals surface area contributed by atoms with Crippen LogP contribution in [0.25, 0.3) is 0 Å². The van der Waals surface area contributed by atoms with Crippen LogP contribution >= 0.6 is 12.4 Å². The van der Waals surface area contributed by atoms with E-state index in [0.29, 0.717) is 18.0 Å². The maximum atomic E-state index is 12.0. The minimum absolute atomic E-state index is 0. The average Bonchev–Trinajstić information content (AvgIpc) is 3.07. The molecule has 0 aliphatic heterocycles. The molecule has 0 spiro atoms. The van der Waals surface area contributed by atoms with E-state index in [-0.39, 0.29) is 35.5 Å². The number of aryl methyl sites for hydroxylation is 2. The van der Waals surface area contributed by atoms with Crippen molar-refractivity contribution in [3.05, 3.63) is 33.2 Å². The lowest BCUT2D eigenvalue weighted by Gasteiger charge is -2.12. The molecular weight excluding hydrogens is 266 g/mol. The summed E-state index contributed by atoms with van der Waals surface area (Å²) in [5, 5.41) is 2.74. The van der Waals surface area contributed by atoms with Crippen LogP contribution in [0.5, 0.6) is 0 Å². The van der Waals surface area contributed by atoms with E-state index in [4.69, 9.17) is 5.73 Å². The number of halogens is 1. The Balaban J connectivity index is 0.00000180. The Morgan fingerprint density at radius 2 is 2.16 bits per heavy atom. The second-order valence-corrected chi connectivity index (χ2v) is 5.05. The molecule has 1 aliphatic carbocycles. The quantitative estimate of drug-likeness (QED) is 0.767. The van der Waals surface area contributed by atoms with Gasteiger partial charge in [-0.2, -0.15) is 0 Å². The molecule has 0 radical (unpaired) electrons. The Kier molecular flexibility index (Phi) is 5.14. The number of nitrogens with two attached hydrogens (primary N) is 1. The highest BCUT2D eigenvalue weighted by atomic mass is 35.5. The van der Waals surface area contributed by atoms with Crippen molar-refractivity contribution in [3.8, 4) is 0 Å². The maximum Gasteiger partial charge on any atom is 0.261 e. The summed E-state index contributed by atoms with van der Waals surface area (Å²) < 4.78 is 0. The van der Waals surface area contributed by atoms with Gasteiger partial charge in [0.1, 0.15) is 5.56 Å². The zero-order chi connectivity index (χ0) is 13.3. The first-order chi connectivity index (χ1) is 8.49. The van der Waals surface area contributed by atoms with Gasteiger partial charge in [-0.05, 0) is 44.2 Å². The van der Waals surface area contributed by atoms with Crippen molar-refractivity contribution in [1.29, 1.82) is 0 Å². The highest BCUT2D eigenvalue weighted by molar-refractivity contribution is 5.95. The minimum Gasteiger partial charge on any atom is -0.350 e. The van der Waals surface area contributed by atoms with Crippen molar-refractivity contribution in [2.75, 3.05) is 6.54 Å². The highest BCUT2D eigenvalue weighted by Gasteiger charge is 2.28. The molecule has 1 aromatic heterocycles. The van der Waals surface area contributed by atoms with Gasteiger partial charge in [0.25, 0.3) is 11.5 Å². The van der Waals surface area contributed by atoms with Crippen LogP contribution in [0.2, 0.25) is 0 Å². The van der Waals surface area contributed by atoms with Gasteiger partial charge in [0, 0.05) is 18.3 Å². The number of carbonyl (C=O) groups excluding carboxylic acids is 1. The minimum atomic E-state index is -0.343. The van der Waals surface area contributed by atoms with Crippen molar-refractivity contribution in [3.63, 3.8) is 0 Å². The maximum absolute atomic E-state index is 12.0. The fourth-order valence-corrected chi connectivity index (χ4v) is 2.13. The fraction of sp³-hybridized carbons (Fsp3) is 0.538. The van der Waals surface area contributed by atoms with E-state index in [9.17, 15) is 9.59 Å². The molecule has 1 saturated carbocycles. The van der Waals surface area contributed by atoms with Crippen LogP contribution in [0, 0.1) is 19.8 Å². The third kappa shape index (κ3) is 3.81. The summed E-state index contributed by atoms with van der Waals surface area (Å²) in [6.45, 7) is 3.98. The zero-order valence-electron chi connectivity index (χ0n) is 11.2. The summed E-state index contributed by atoms with van der Waals surface area (Å²) in [7, 11) is 0. The summed E-state index contributed by atoms with van der Waals surface area (Å²) >= 11 is 0. The molecule has 1 heterocycles. The molecule has 1 fully saturated rings. The molecule has 1 atom stereocenters. The Morgan fingerprint density at radius 1 is 1.53 bits per heavy atom. The number of rotatable bonds is 4. The van der Waals surface area contributed by atoms with Crippen molar-refractivity contribution < 1.29 is 4.79 Å². The van der Waals surface area contributed by atoms with Crippen LogP contribution < -0.4 is 16.6 Å². The zero-order valence-corrected chi connectivity index (χ0v) is 12.0. The largest absolute Gasteiger partial charge is 0.350 e. The van der Waals surface area contributed by atoms with Gasteiger partial charge in [-0.15, -0.1) is 12.4 Å². The van der Waals surface area contributed by atoms with Crippen LogP contribution in [0.3, 0.4) is 0 Å². The molecular formula is C13H20ClN3O2. The number of H-pyrrole nitrogens is 1. The number of hydrogen-bond donors (Lipinski definition) is 3. The SMILES string of the molecule is Cc1cc(C)c(C(=O)NCC(N)C2CC2)c(=O)[nH]1.Cl. The van der Waals surface area contributed by atoms with Crippen LogP contribution in [0.4, 0.5) is 0 Å². The van der Waals surface area contributed by atoms with Gasteiger partial charge in [0.2, 0.25) is 0 Å². The highest BCUT2D eigenvalue weighted by Crippen LogP contribution is 2.31. The third-order valence-electron chi connectivity index (χ3n) is 3.32. The lowest BCUT2D eigenvalue weighted by atomic mass is 10.1. The van der Waals surface area contributed by atoms with E-state index in [2.05, 4.69) is 10.3 Å². The Morgan fingerprint density at radius 3 is 2.68 bits per heavy atom. The third-order valence-corrected chi connectivity index (χ3v) is 3.32. The number of carbonyl (C=O) groups is 1. The summed E-state index contributed by atoms with van der Waals surface area (Å²) in [6.07, 6.45) is 2.28. The number of amides is 1. The van der Waals surface area contributed by atoms with Gasteiger partial charge < -0.3 is 16.0 Å². The van der Waals surface area contributed by atoms with E-state index in [1.165, 1.54) is 0 Å². The summed E-state index contributed by atoms with van der Waals surface area (Å²) in [5.41, 5.74) is 7.19. The van der Waals surface area contributed by atoms with E-state index in [0.717, 1.165) is 18.5 Å². The van der Waals surface area contributed by atoms with Gasteiger partial charge in [-0.3, -0.25) is 9.59 Å². The van der Waals surface area contributed by atoms with Crippen LogP contribution in [0.1, 0.15) is 34.5 Å². The number of aromatic amines is 1. The van der Waals surface area contributed by atoms with Gasteiger partial charge in [-0.25, -0.2) is 0 Å². The van der Waals surface area contributed by atoms with E-state index >= 15 is 0 Å². The van der Waals surface area contributed by atoms with Crippen LogP contribution in [0.15, 0.2) is 10.9 Å². The molecule has 19 heavy (non-hydrogen) atoms. The topological polar surface area (TPSA) is 88.0 Å². The Bertz CT molecular complexity index is 523.